The lowest BCUT2D eigenvalue weighted by Crippen LogP contribution is -2.04. The molecule has 1 heterocycles. The number of benzene rings is 1. The third kappa shape index (κ3) is 3.33. The number of rotatable bonds is 3. The molecule has 6 heteroatoms. The number of alkyl halides is 3. The zero-order valence-electron chi connectivity index (χ0n) is 10.6. The van der Waals surface area contributed by atoms with Gasteiger partial charge in [0.25, 0.3) is 0 Å². The largest absolute Gasteiger partial charge is 0.416 e. The summed E-state index contributed by atoms with van der Waals surface area (Å²) in [6.45, 7) is 4.75. The Bertz CT molecular complexity index is 558. The summed E-state index contributed by atoms with van der Waals surface area (Å²) >= 11 is 0. The molecule has 1 aromatic heterocycles. The molecular formula is C13H14F3N3. The fourth-order valence-corrected chi connectivity index (χ4v) is 1.75. The standard InChI is InChI=1S/C13H14F3N3/c1-9(2)7-19-8-12(17-18-19)10-4-3-5-11(6-10)13(14,15)16/h3-6,8-9H,7H2,1-2H3. The monoisotopic (exact) mass is 269 g/mol. The van der Waals surface area contributed by atoms with Crippen molar-refractivity contribution in [3.8, 4) is 11.3 Å². The second-order valence-corrected chi connectivity index (χ2v) is 4.80. The van der Waals surface area contributed by atoms with E-state index >= 15 is 0 Å². The lowest BCUT2D eigenvalue weighted by Gasteiger charge is -2.07. The van der Waals surface area contributed by atoms with Crippen LogP contribution in [0.3, 0.4) is 0 Å². The van der Waals surface area contributed by atoms with Gasteiger partial charge in [0.05, 0.1) is 11.8 Å². The van der Waals surface area contributed by atoms with Crippen LogP contribution in [0, 0.1) is 5.92 Å². The van der Waals surface area contributed by atoms with Crippen molar-refractivity contribution in [2.45, 2.75) is 26.6 Å². The van der Waals surface area contributed by atoms with Crippen molar-refractivity contribution in [1.82, 2.24) is 15.0 Å². The Morgan fingerprint density at radius 2 is 2.00 bits per heavy atom. The lowest BCUT2D eigenvalue weighted by molar-refractivity contribution is -0.137. The predicted molar refractivity (Wildman–Crippen MR) is 65.3 cm³/mol. The SMILES string of the molecule is CC(C)Cn1cc(-c2cccc(C(F)(F)F)c2)nn1. The van der Waals surface area contributed by atoms with Gasteiger partial charge < -0.3 is 0 Å². The molecule has 1 aromatic carbocycles. The van der Waals surface area contributed by atoms with Gasteiger partial charge in [-0.05, 0) is 18.1 Å². The Morgan fingerprint density at radius 3 is 2.63 bits per heavy atom. The number of hydrogen-bond donors (Lipinski definition) is 0. The summed E-state index contributed by atoms with van der Waals surface area (Å²) in [6, 6.07) is 5.10. The first-order valence-corrected chi connectivity index (χ1v) is 5.94. The van der Waals surface area contributed by atoms with Crippen LogP contribution in [-0.2, 0) is 12.7 Å². The lowest BCUT2D eigenvalue weighted by atomic mass is 10.1. The van der Waals surface area contributed by atoms with Crippen LogP contribution in [-0.4, -0.2) is 15.0 Å². The molecule has 0 bridgehead atoms. The first-order valence-electron chi connectivity index (χ1n) is 5.94. The number of halogens is 3. The van der Waals surface area contributed by atoms with E-state index in [0.29, 0.717) is 23.7 Å². The third-order valence-electron chi connectivity index (χ3n) is 2.58. The smallest absolute Gasteiger partial charge is 0.252 e. The molecule has 0 radical (unpaired) electrons. The van der Waals surface area contributed by atoms with Gasteiger partial charge in [0.2, 0.25) is 0 Å². The highest BCUT2D eigenvalue weighted by Gasteiger charge is 2.30. The number of hydrogen-bond acceptors (Lipinski definition) is 2. The molecule has 0 saturated heterocycles. The summed E-state index contributed by atoms with van der Waals surface area (Å²) in [5.74, 6) is 0.399. The van der Waals surface area contributed by atoms with Crippen LogP contribution in [0.15, 0.2) is 30.5 Å². The van der Waals surface area contributed by atoms with E-state index in [1.807, 2.05) is 13.8 Å². The summed E-state index contributed by atoms with van der Waals surface area (Å²) in [5, 5.41) is 7.82. The van der Waals surface area contributed by atoms with E-state index in [4.69, 9.17) is 0 Å². The summed E-state index contributed by atoms with van der Waals surface area (Å²) in [6.07, 6.45) is -2.68. The molecule has 0 N–H and O–H groups in total. The minimum absolute atomic E-state index is 0.399. The zero-order valence-corrected chi connectivity index (χ0v) is 10.6. The minimum Gasteiger partial charge on any atom is -0.252 e. The van der Waals surface area contributed by atoms with Gasteiger partial charge in [-0.1, -0.05) is 31.2 Å². The molecule has 0 amide bonds. The van der Waals surface area contributed by atoms with Gasteiger partial charge in [-0.2, -0.15) is 13.2 Å². The first kappa shape index (κ1) is 13.6. The summed E-state index contributed by atoms with van der Waals surface area (Å²) < 4.78 is 39.5. The van der Waals surface area contributed by atoms with Crippen LogP contribution >= 0.6 is 0 Å². The maximum Gasteiger partial charge on any atom is 0.416 e. The van der Waals surface area contributed by atoms with Crippen LogP contribution < -0.4 is 0 Å². The van der Waals surface area contributed by atoms with E-state index in [1.165, 1.54) is 6.07 Å². The summed E-state index contributed by atoms with van der Waals surface area (Å²) in [4.78, 5) is 0. The van der Waals surface area contributed by atoms with E-state index in [2.05, 4.69) is 10.3 Å². The molecule has 102 valence electrons. The summed E-state index contributed by atoms with van der Waals surface area (Å²) in [7, 11) is 0. The van der Waals surface area contributed by atoms with E-state index < -0.39 is 11.7 Å². The van der Waals surface area contributed by atoms with Gasteiger partial charge in [0.1, 0.15) is 5.69 Å². The van der Waals surface area contributed by atoms with Crippen molar-refractivity contribution >= 4 is 0 Å². The average molecular weight is 269 g/mol. The zero-order chi connectivity index (χ0) is 14.0. The quantitative estimate of drug-likeness (QED) is 0.852. The molecule has 0 aliphatic carbocycles. The van der Waals surface area contributed by atoms with E-state index in [9.17, 15) is 13.2 Å². The molecular weight excluding hydrogens is 255 g/mol. The molecule has 19 heavy (non-hydrogen) atoms. The van der Waals surface area contributed by atoms with Crippen LogP contribution in [0.5, 0.6) is 0 Å². The Kier molecular flexibility index (Phi) is 3.59. The summed E-state index contributed by atoms with van der Waals surface area (Å²) in [5.41, 5.74) is 0.194. The van der Waals surface area contributed by atoms with Gasteiger partial charge in [-0.15, -0.1) is 5.10 Å². The molecule has 3 nitrogen and oxygen atoms in total. The van der Waals surface area contributed by atoms with Gasteiger partial charge in [-0.25, -0.2) is 0 Å². The highest BCUT2D eigenvalue weighted by Crippen LogP contribution is 2.31. The molecule has 0 spiro atoms. The van der Waals surface area contributed by atoms with Gasteiger partial charge in [0.15, 0.2) is 0 Å². The maximum absolute atomic E-state index is 12.6. The van der Waals surface area contributed by atoms with Crippen molar-refractivity contribution in [1.29, 1.82) is 0 Å². The van der Waals surface area contributed by atoms with Crippen LogP contribution in [0.4, 0.5) is 13.2 Å². The second-order valence-electron chi connectivity index (χ2n) is 4.80. The predicted octanol–water partition coefficient (Wildman–Crippen LogP) is 3.62. The van der Waals surface area contributed by atoms with Gasteiger partial charge in [0, 0.05) is 12.1 Å². The molecule has 0 fully saturated rings. The molecule has 2 rings (SSSR count). The van der Waals surface area contributed by atoms with E-state index in [1.54, 1.807) is 16.9 Å². The first-order chi connectivity index (χ1) is 8.86. The maximum atomic E-state index is 12.6. The topological polar surface area (TPSA) is 30.7 Å². The van der Waals surface area contributed by atoms with Crippen molar-refractivity contribution in [3.05, 3.63) is 36.0 Å². The Hall–Kier alpha value is -1.85. The Labute approximate surface area is 109 Å². The third-order valence-corrected chi connectivity index (χ3v) is 2.58. The number of aromatic nitrogens is 3. The molecule has 0 atom stereocenters. The normalized spacial score (nSPS) is 12.1. The van der Waals surface area contributed by atoms with E-state index in [-0.39, 0.29) is 0 Å². The second kappa shape index (κ2) is 5.03. The van der Waals surface area contributed by atoms with Crippen LogP contribution in [0.25, 0.3) is 11.3 Å². The molecule has 0 saturated carbocycles. The van der Waals surface area contributed by atoms with Gasteiger partial charge >= 0.3 is 6.18 Å². The fraction of sp³-hybridized carbons (Fsp3) is 0.385. The van der Waals surface area contributed by atoms with Crippen LogP contribution in [0.1, 0.15) is 19.4 Å². The Morgan fingerprint density at radius 1 is 1.26 bits per heavy atom. The minimum atomic E-state index is -4.34. The van der Waals surface area contributed by atoms with Crippen molar-refractivity contribution in [3.63, 3.8) is 0 Å². The highest BCUT2D eigenvalue weighted by atomic mass is 19.4. The number of nitrogens with zero attached hydrogens (tertiary/aromatic N) is 3. The molecule has 0 unspecified atom stereocenters. The van der Waals surface area contributed by atoms with Crippen molar-refractivity contribution in [2.24, 2.45) is 5.92 Å². The average Bonchev–Trinajstić information content (AvgIpc) is 2.76. The molecule has 0 aliphatic heterocycles. The fourth-order valence-electron chi connectivity index (χ4n) is 1.75. The Balaban J connectivity index is 2.29. The van der Waals surface area contributed by atoms with Gasteiger partial charge in [-0.3, -0.25) is 4.68 Å². The molecule has 2 aromatic rings. The van der Waals surface area contributed by atoms with Crippen LogP contribution in [0.2, 0.25) is 0 Å². The highest BCUT2D eigenvalue weighted by molar-refractivity contribution is 5.58. The van der Waals surface area contributed by atoms with Crippen molar-refractivity contribution in [2.75, 3.05) is 0 Å². The molecule has 0 aliphatic rings. The van der Waals surface area contributed by atoms with Crippen molar-refractivity contribution < 1.29 is 13.2 Å². The van der Waals surface area contributed by atoms with E-state index in [0.717, 1.165) is 12.1 Å².